The first-order chi connectivity index (χ1) is 7.06. The van der Waals surface area contributed by atoms with E-state index in [9.17, 15) is 9.59 Å². The molecule has 0 aliphatic carbocycles. The quantitative estimate of drug-likeness (QED) is 0.661. The maximum Gasteiger partial charge on any atom is 0.242 e. The summed E-state index contributed by atoms with van der Waals surface area (Å²) in [7, 11) is 0. The second kappa shape index (κ2) is 5.11. The van der Waals surface area contributed by atoms with Crippen LogP contribution in [-0.2, 0) is 9.59 Å². The molecule has 1 heterocycles. The molecule has 0 spiro atoms. The number of nitrogens with two attached hydrogens (primary N) is 1. The highest BCUT2D eigenvalue weighted by molar-refractivity contribution is 5.87. The number of nitrogens with one attached hydrogen (secondary N) is 1. The van der Waals surface area contributed by atoms with Crippen LogP contribution < -0.4 is 11.1 Å². The van der Waals surface area contributed by atoms with Crippen LogP contribution in [0.15, 0.2) is 0 Å². The van der Waals surface area contributed by atoms with E-state index >= 15 is 0 Å². The van der Waals surface area contributed by atoms with Gasteiger partial charge in [0.25, 0.3) is 0 Å². The maximum atomic E-state index is 11.6. The Labute approximate surface area is 90.0 Å². The summed E-state index contributed by atoms with van der Waals surface area (Å²) >= 11 is 0. The van der Waals surface area contributed by atoms with Crippen LogP contribution in [0.3, 0.4) is 0 Å². The zero-order valence-corrected chi connectivity index (χ0v) is 9.32. The summed E-state index contributed by atoms with van der Waals surface area (Å²) in [5, 5.41) is 2.70. The van der Waals surface area contributed by atoms with Crippen molar-refractivity contribution in [3.05, 3.63) is 0 Å². The number of rotatable bonds is 3. The van der Waals surface area contributed by atoms with Gasteiger partial charge in [-0.15, -0.1) is 0 Å². The van der Waals surface area contributed by atoms with Crippen LogP contribution in [0.4, 0.5) is 0 Å². The lowest BCUT2D eigenvalue weighted by Crippen LogP contribution is -2.54. The zero-order chi connectivity index (χ0) is 11.4. The predicted molar refractivity (Wildman–Crippen MR) is 57.1 cm³/mol. The smallest absolute Gasteiger partial charge is 0.242 e. The summed E-state index contributed by atoms with van der Waals surface area (Å²) in [6.07, 6.45) is 1.17. The van der Waals surface area contributed by atoms with Crippen LogP contribution in [0.25, 0.3) is 0 Å². The molecule has 2 atom stereocenters. The van der Waals surface area contributed by atoms with E-state index < -0.39 is 6.04 Å². The van der Waals surface area contributed by atoms with Gasteiger partial charge in [-0.25, -0.2) is 0 Å². The van der Waals surface area contributed by atoms with Crippen molar-refractivity contribution in [1.82, 2.24) is 10.2 Å². The topological polar surface area (TPSA) is 75.4 Å². The lowest BCUT2D eigenvalue weighted by molar-refractivity contribution is -0.142. The fourth-order valence-electron chi connectivity index (χ4n) is 1.74. The van der Waals surface area contributed by atoms with E-state index in [1.165, 1.54) is 0 Å². The number of piperidine rings is 1. The van der Waals surface area contributed by atoms with Crippen molar-refractivity contribution >= 4 is 11.8 Å². The van der Waals surface area contributed by atoms with Gasteiger partial charge in [0.1, 0.15) is 6.04 Å². The SMILES string of the molecule is CCNC(=O)[C@H](C)N1C[C@H](N)CCC1=O. The molecule has 5 heteroatoms. The number of nitrogens with zero attached hydrogens (tertiary/aromatic N) is 1. The number of amides is 2. The van der Waals surface area contributed by atoms with Crippen molar-refractivity contribution in [1.29, 1.82) is 0 Å². The van der Waals surface area contributed by atoms with Gasteiger partial charge in [-0.05, 0) is 20.3 Å². The molecule has 1 rings (SSSR count). The highest BCUT2D eigenvalue weighted by atomic mass is 16.2. The van der Waals surface area contributed by atoms with E-state index in [0.717, 1.165) is 6.42 Å². The second-order valence-corrected chi connectivity index (χ2v) is 3.92. The number of hydrogen-bond acceptors (Lipinski definition) is 3. The van der Waals surface area contributed by atoms with E-state index in [2.05, 4.69) is 5.32 Å². The van der Waals surface area contributed by atoms with Gasteiger partial charge in [0, 0.05) is 25.6 Å². The molecule has 5 nitrogen and oxygen atoms in total. The Bertz CT molecular complexity index is 255. The van der Waals surface area contributed by atoms with Crippen LogP contribution in [0.5, 0.6) is 0 Å². The number of hydrogen-bond donors (Lipinski definition) is 2. The van der Waals surface area contributed by atoms with E-state index in [4.69, 9.17) is 5.73 Å². The normalized spacial score (nSPS) is 23.8. The molecule has 3 N–H and O–H groups in total. The Morgan fingerprint density at radius 1 is 1.73 bits per heavy atom. The van der Waals surface area contributed by atoms with Crippen molar-refractivity contribution in [2.45, 2.75) is 38.8 Å². The second-order valence-electron chi connectivity index (χ2n) is 3.92. The zero-order valence-electron chi connectivity index (χ0n) is 9.32. The molecule has 2 amide bonds. The van der Waals surface area contributed by atoms with E-state index in [-0.39, 0.29) is 17.9 Å². The molecule has 0 aromatic carbocycles. The highest BCUT2D eigenvalue weighted by Gasteiger charge is 2.30. The lowest BCUT2D eigenvalue weighted by Gasteiger charge is -2.34. The molecule has 1 saturated heterocycles. The molecule has 0 saturated carbocycles. The third kappa shape index (κ3) is 2.92. The number of likely N-dealkylation sites (tertiary alicyclic amines) is 1. The predicted octanol–water partition coefficient (Wildman–Crippen LogP) is -0.539. The average molecular weight is 213 g/mol. The highest BCUT2D eigenvalue weighted by Crippen LogP contribution is 2.13. The lowest BCUT2D eigenvalue weighted by atomic mass is 10.0. The Morgan fingerprint density at radius 3 is 3.00 bits per heavy atom. The van der Waals surface area contributed by atoms with Gasteiger partial charge in [-0.1, -0.05) is 0 Å². The standard InChI is InChI=1S/C10H19N3O2/c1-3-12-10(15)7(2)13-6-8(11)4-5-9(13)14/h7-8H,3-6,11H2,1-2H3,(H,12,15)/t7-,8+/m0/s1. The summed E-state index contributed by atoms with van der Waals surface area (Å²) in [5.74, 6) is -0.0876. The third-order valence-electron chi connectivity index (χ3n) is 2.68. The molecule has 0 bridgehead atoms. The largest absolute Gasteiger partial charge is 0.355 e. The minimum Gasteiger partial charge on any atom is -0.355 e. The third-order valence-corrected chi connectivity index (χ3v) is 2.68. The van der Waals surface area contributed by atoms with Crippen LogP contribution in [0, 0.1) is 0 Å². The van der Waals surface area contributed by atoms with Crippen molar-refractivity contribution in [2.75, 3.05) is 13.1 Å². The summed E-state index contributed by atoms with van der Waals surface area (Å²) in [5.41, 5.74) is 5.77. The Balaban J connectivity index is 2.60. The van der Waals surface area contributed by atoms with E-state index in [1.54, 1.807) is 11.8 Å². The summed E-state index contributed by atoms with van der Waals surface area (Å²) in [6, 6.07) is -0.414. The van der Waals surface area contributed by atoms with Gasteiger partial charge in [0.2, 0.25) is 11.8 Å². The molecule has 1 fully saturated rings. The summed E-state index contributed by atoms with van der Waals surface area (Å²) < 4.78 is 0. The average Bonchev–Trinajstić information content (AvgIpc) is 2.21. The molecular formula is C10H19N3O2. The van der Waals surface area contributed by atoms with Crippen LogP contribution in [0.1, 0.15) is 26.7 Å². The maximum absolute atomic E-state index is 11.6. The Hall–Kier alpha value is -1.10. The number of likely N-dealkylation sites (N-methyl/N-ethyl adjacent to an activating group) is 1. The summed E-state index contributed by atoms with van der Waals surface area (Å²) in [4.78, 5) is 24.7. The van der Waals surface area contributed by atoms with Gasteiger partial charge in [-0.3, -0.25) is 9.59 Å². The summed E-state index contributed by atoms with van der Waals surface area (Å²) in [6.45, 7) is 4.66. The molecule has 0 aromatic rings. The van der Waals surface area contributed by atoms with Gasteiger partial charge >= 0.3 is 0 Å². The minimum absolute atomic E-state index is 0.000392. The first kappa shape index (κ1) is 12.0. The first-order valence-corrected chi connectivity index (χ1v) is 5.39. The van der Waals surface area contributed by atoms with Gasteiger partial charge in [0.05, 0.1) is 0 Å². The first-order valence-electron chi connectivity index (χ1n) is 5.39. The van der Waals surface area contributed by atoms with Crippen molar-refractivity contribution < 1.29 is 9.59 Å². The Morgan fingerprint density at radius 2 is 2.40 bits per heavy atom. The van der Waals surface area contributed by atoms with Crippen molar-refractivity contribution in [3.8, 4) is 0 Å². The molecular weight excluding hydrogens is 194 g/mol. The van der Waals surface area contributed by atoms with E-state index in [1.807, 2.05) is 6.92 Å². The number of carbonyl (C=O) groups is 2. The Kier molecular flexibility index (Phi) is 4.08. The fourth-order valence-corrected chi connectivity index (χ4v) is 1.74. The molecule has 15 heavy (non-hydrogen) atoms. The van der Waals surface area contributed by atoms with Gasteiger partial charge in [0.15, 0.2) is 0 Å². The molecule has 1 aliphatic heterocycles. The van der Waals surface area contributed by atoms with Crippen LogP contribution in [0.2, 0.25) is 0 Å². The van der Waals surface area contributed by atoms with Crippen molar-refractivity contribution in [3.63, 3.8) is 0 Å². The van der Waals surface area contributed by atoms with Crippen LogP contribution in [-0.4, -0.2) is 41.9 Å². The van der Waals surface area contributed by atoms with Crippen molar-refractivity contribution in [2.24, 2.45) is 5.73 Å². The monoisotopic (exact) mass is 213 g/mol. The number of carbonyl (C=O) groups excluding carboxylic acids is 2. The fraction of sp³-hybridized carbons (Fsp3) is 0.800. The van der Waals surface area contributed by atoms with Crippen LogP contribution >= 0.6 is 0 Å². The molecule has 1 aliphatic rings. The molecule has 86 valence electrons. The molecule has 0 radical (unpaired) electrons. The minimum atomic E-state index is -0.413. The van der Waals surface area contributed by atoms with E-state index in [0.29, 0.717) is 19.5 Å². The van der Waals surface area contributed by atoms with Gasteiger partial charge in [-0.2, -0.15) is 0 Å². The molecule has 0 unspecified atom stereocenters. The molecule has 0 aromatic heterocycles. The van der Waals surface area contributed by atoms with Gasteiger partial charge < -0.3 is 16.0 Å².